The second-order valence-electron chi connectivity index (χ2n) is 3.34. The molecule has 1 aromatic heterocycles. The summed E-state index contributed by atoms with van der Waals surface area (Å²) in [6.07, 6.45) is -2.74. The molecule has 16 heavy (non-hydrogen) atoms. The van der Waals surface area contributed by atoms with Crippen LogP contribution >= 0.6 is 0 Å². The Balaban J connectivity index is 2.86. The molecular weight excluding hydrogens is 219 g/mol. The maximum Gasteiger partial charge on any atom is 0.405 e. The molecule has 1 rings (SSSR count). The van der Waals surface area contributed by atoms with Crippen molar-refractivity contribution < 1.29 is 13.2 Å². The Bertz CT molecular complexity index is 338. The summed E-state index contributed by atoms with van der Waals surface area (Å²) in [7, 11) is 0. The number of nitrogens with two attached hydrogens (primary N) is 1. The van der Waals surface area contributed by atoms with Gasteiger partial charge in [0.15, 0.2) is 0 Å². The van der Waals surface area contributed by atoms with Crippen LogP contribution in [-0.4, -0.2) is 24.2 Å². The molecule has 0 aliphatic heterocycles. The van der Waals surface area contributed by atoms with E-state index in [2.05, 4.69) is 4.98 Å². The van der Waals surface area contributed by atoms with Gasteiger partial charge in [-0.15, -0.1) is 0 Å². The molecule has 0 amide bonds. The average Bonchev–Trinajstić information content (AvgIpc) is 2.25. The Kier molecular flexibility index (Phi) is 4.12. The minimum absolute atomic E-state index is 0.220. The van der Waals surface area contributed by atoms with Crippen molar-refractivity contribution in [2.24, 2.45) is 5.73 Å². The Morgan fingerprint density at radius 2 is 2.12 bits per heavy atom. The highest BCUT2D eigenvalue weighted by molar-refractivity contribution is 5.46. The van der Waals surface area contributed by atoms with Crippen LogP contribution in [0.4, 0.5) is 18.9 Å². The number of hydrogen-bond donors (Lipinski definition) is 1. The molecule has 0 saturated heterocycles. The summed E-state index contributed by atoms with van der Waals surface area (Å²) in [5, 5.41) is 0. The number of nitrogens with zero attached hydrogens (tertiary/aromatic N) is 2. The SMILES string of the molecule is CCN(CC(F)(F)F)c1ccnc(CN)c1. The van der Waals surface area contributed by atoms with E-state index in [0.29, 0.717) is 11.4 Å². The molecule has 0 fully saturated rings. The van der Waals surface area contributed by atoms with Gasteiger partial charge in [-0.1, -0.05) is 0 Å². The smallest absolute Gasteiger partial charge is 0.363 e. The maximum absolute atomic E-state index is 12.3. The predicted molar refractivity (Wildman–Crippen MR) is 56.1 cm³/mol. The van der Waals surface area contributed by atoms with Crippen molar-refractivity contribution in [1.82, 2.24) is 4.98 Å². The number of aromatic nitrogens is 1. The normalized spacial score (nSPS) is 11.6. The topological polar surface area (TPSA) is 42.2 Å². The van der Waals surface area contributed by atoms with Crippen LogP contribution in [0.5, 0.6) is 0 Å². The molecular formula is C10H14F3N3. The summed E-state index contributed by atoms with van der Waals surface area (Å²) in [6, 6.07) is 3.13. The fourth-order valence-corrected chi connectivity index (χ4v) is 1.38. The number of alkyl halides is 3. The van der Waals surface area contributed by atoms with Crippen LogP contribution < -0.4 is 10.6 Å². The van der Waals surface area contributed by atoms with E-state index in [1.165, 1.54) is 11.1 Å². The van der Waals surface area contributed by atoms with Crippen molar-refractivity contribution in [1.29, 1.82) is 0 Å². The molecule has 0 saturated carbocycles. The second-order valence-corrected chi connectivity index (χ2v) is 3.34. The fourth-order valence-electron chi connectivity index (χ4n) is 1.38. The van der Waals surface area contributed by atoms with Gasteiger partial charge in [0, 0.05) is 25.0 Å². The first-order valence-electron chi connectivity index (χ1n) is 4.93. The molecule has 0 aliphatic rings. The Morgan fingerprint density at radius 1 is 1.44 bits per heavy atom. The van der Waals surface area contributed by atoms with Crippen LogP contribution in [-0.2, 0) is 6.54 Å². The lowest BCUT2D eigenvalue weighted by Crippen LogP contribution is -2.34. The molecule has 6 heteroatoms. The molecule has 90 valence electrons. The van der Waals surface area contributed by atoms with Gasteiger partial charge in [-0.3, -0.25) is 4.98 Å². The zero-order chi connectivity index (χ0) is 12.2. The summed E-state index contributed by atoms with van der Waals surface area (Å²) in [6.45, 7) is 1.22. The monoisotopic (exact) mass is 233 g/mol. The molecule has 2 N–H and O–H groups in total. The largest absolute Gasteiger partial charge is 0.405 e. The third-order valence-corrected chi connectivity index (χ3v) is 2.13. The molecule has 0 unspecified atom stereocenters. The van der Waals surface area contributed by atoms with E-state index in [4.69, 9.17) is 5.73 Å². The minimum Gasteiger partial charge on any atom is -0.363 e. The van der Waals surface area contributed by atoms with E-state index in [9.17, 15) is 13.2 Å². The van der Waals surface area contributed by atoms with E-state index in [1.54, 1.807) is 19.1 Å². The molecule has 3 nitrogen and oxygen atoms in total. The molecule has 0 spiro atoms. The number of pyridine rings is 1. The molecule has 0 radical (unpaired) electrons. The molecule has 0 aromatic carbocycles. The quantitative estimate of drug-likeness (QED) is 0.864. The van der Waals surface area contributed by atoms with E-state index < -0.39 is 12.7 Å². The van der Waals surface area contributed by atoms with E-state index in [-0.39, 0.29) is 13.1 Å². The van der Waals surface area contributed by atoms with E-state index in [1.807, 2.05) is 0 Å². The van der Waals surface area contributed by atoms with Gasteiger partial charge < -0.3 is 10.6 Å². The van der Waals surface area contributed by atoms with Gasteiger partial charge in [0.1, 0.15) is 6.54 Å². The summed E-state index contributed by atoms with van der Waals surface area (Å²) >= 11 is 0. The molecule has 1 heterocycles. The third kappa shape index (κ3) is 3.69. The first kappa shape index (κ1) is 12.8. The molecule has 1 aromatic rings. The third-order valence-electron chi connectivity index (χ3n) is 2.13. The van der Waals surface area contributed by atoms with E-state index in [0.717, 1.165) is 0 Å². The molecule has 0 atom stereocenters. The minimum atomic E-state index is -4.21. The summed E-state index contributed by atoms with van der Waals surface area (Å²) in [5.74, 6) is 0. The summed E-state index contributed by atoms with van der Waals surface area (Å²) in [4.78, 5) is 5.18. The number of anilines is 1. The van der Waals surface area contributed by atoms with Crippen LogP contribution in [0.3, 0.4) is 0 Å². The summed E-state index contributed by atoms with van der Waals surface area (Å²) in [5.41, 5.74) is 6.46. The van der Waals surface area contributed by atoms with Gasteiger partial charge in [0.05, 0.1) is 5.69 Å². The van der Waals surface area contributed by atoms with Crippen LogP contribution in [0.15, 0.2) is 18.3 Å². The van der Waals surface area contributed by atoms with Crippen molar-refractivity contribution in [3.63, 3.8) is 0 Å². The molecule has 0 bridgehead atoms. The first-order chi connectivity index (χ1) is 7.46. The lowest BCUT2D eigenvalue weighted by atomic mass is 10.3. The van der Waals surface area contributed by atoms with Crippen molar-refractivity contribution in [3.8, 4) is 0 Å². The zero-order valence-electron chi connectivity index (χ0n) is 8.96. The zero-order valence-corrected chi connectivity index (χ0v) is 8.96. The maximum atomic E-state index is 12.3. The highest BCUT2D eigenvalue weighted by atomic mass is 19.4. The lowest BCUT2D eigenvalue weighted by molar-refractivity contribution is -0.119. The fraction of sp³-hybridized carbons (Fsp3) is 0.500. The van der Waals surface area contributed by atoms with Gasteiger partial charge in [0.25, 0.3) is 0 Å². The summed E-state index contributed by atoms with van der Waals surface area (Å²) < 4.78 is 36.8. The number of halogens is 3. The van der Waals surface area contributed by atoms with Crippen molar-refractivity contribution >= 4 is 5.69 Å². The molecule has 0 aliphatic carbocycles. The number of hydrogen-bond acceptors (Lipinski definition) is 3. The van der Waals surface area contributed by atoms with Gasteiger partial charge in [0.2, 0.25) is 0 Å². The predicted octanol–water partition coefficient (Wildman–Crippen LogP) is 1.93. The number of rotatable bonds is 4. The second kappa shape index (κ2) is 5.16. The van der Waals surface area contributed by atoms with Crippen LogP contribution in [0, 0.1) is 0 Å². The standard InChI is InChI=1S/C10H14F3N3/c1-2-16(7-10(11,12)13)9-3-4-15-8(5-9)6-14/h3-5H,2,6-7,14H2,1H3. The van der Waals surface area contributed by atoms with Gasteiger partial charge in [-0.25, -0.2) is 0 Å². The van der Waals surface area contributed by atoms with Crippen LogP contribution in [0.1, 0.15) is 12.6 Å². The van der Waals surface area contributed by atoms with Gasteiger partial charge >= 0.3 is 6.18 Å². The van der Waals surface area contributed by atoms with Crippen LogP contribution in [0.25, 0.3) is 0 Å². The highest BCUT2D eigenvalue weighted by Gasteiger charge is 2.30. The van der Waals surface area contributed by atoms with Crippen molar-refractivity contribution in [2.75, 3.05) is 18.0 Å². The van der Waals surface area contributed by atoms with Crippen molar-refractivity contribution in [3.05, 3.63) is 24.0 Å². The average molecular weight is 233 g/mol. The highest BCUT2D eigenvalue weighted by Crippen LogP contribution is 2.21. The van der Waals surface area contributed by atoms with Gasteiger partial charge in [-0.2, -0.15) is 13.2 Å². The first-order valence-corrected chi connectivity index (χ1v) is 4.93. The Labute approximate surface area is 92.1 Å². The Hall–Kier alpha value is -1.30. The van der Waals surface area contributed by atoms with E-state index >= 15 is 0 Å². The van der Waals surface area contributed by atoms with Crippen LogP contribution in [0.2, 0.25) is 0 Å². The lowest BCUT2D eigenvalue weighted by Gasteiger charge is -2.24. The Morgan fingerprint density at radius 3 is 2.62 bits per heavy atom. The van der Waals surface area contributed by atoms with Crippen molar-refractivity contribution in [2.45, 2.75) is 19.6 Å². The van der Waals surface area contributed by atoms with Gasteiger partial charge in [-0.05, 0) is 19.1 Å².